The van der Waals surface area contributed by atoms with Crippen molar-refractivity contribution in [1.29, 1.82) is 0 Å². The van der Waals surface area contributed by atoms with Gasteiger partial charge in [0.15, 0.2) is 5.96 Å². The number of methoxy groups -OCH3 is 1. The molecule has 0 aliphatic rings. The standard InChI is InChI=1S/C18H30N4O2/c1-6-15-7-9-16(10-8-15)14(2)21-18(19-11-12-24-5)20-13-17(23)22(3)4/h7-10,14H,6,11-13H2,1-5H3,(H2,19,20,21). The molecule has 1 unspecified atom stereocenters. The number of benzene rings is 1. The lowest BCUT2D eigenvalue weighted by Gasteiger charge is -2.19. The number of carbonyl (C=O) groups is 1. The van der Waals surface area contributed by atoms with E-state index >= 15 is 0 Å². The zero-order valence-electron chi connectivity index (χ0n) is 15.4. The number of aliphatic imine (C=N–C) groups is 1. The highest BCUT2D eigenvalue weighted by Crippen LogP contribution is 2.13. The smallest absolute Gasteiger partial charge is 0.243 e. The minimum absolute atomic E-state index is 0.0391. The molecule has 6 nitrogen and oxygen atoms in total. The largest absolute Gasteiger partial charge is 0.383 e. The average Bonchev–Trinajstić information content (AvgIpc) is 2.59. The summed E-state index contributed by atoms with van der Waals surface area (Å²) in [7, 11) is 5.10. The van der Waals surface area contributed by atoms with Crippen molar-refractivity contribution in [2.45, 2.75) is 26.3 Å². The second kappa shape index (κ2) is 10.6. The van der Waals surface area contributed by atoms with Gasteiger partial charge in [-0.15, -0.1) is 0 Å². The number of hydrogen-bond acceptors (Lipinski definition) is 3. The van der Waals surface area contributed by atoms with Crippen molar-refractivity contribution in [3.63, 3.8) is 0 Å². The molecule has 1 rings (SSSR count). The van der Waals surface area contributed by atoms with Crippen LogP contribution in [0.5, 0.6) is 0 Å². The van der Waals surface area contributed by atoms with Crippen LogP contribution in [0.2, 0.25) is 0 Å². The van der Waals surface area contributed by atoms with Gasteiger partial charge >= 0.3 is 0 Å². The molecule has 2 N–H and O–H groups in total. The van der Waals surface area contributed by atoms with E-state index in [0.717, 1.165) is 6.42 Å². The molecule has 1 aromatic carbocycles. The van der Waals surface area contributed by atoms with Crippen LogP contribution in [0.4, 0.5) is 0 Å². The number of nitrogens with zero attached hydrogens (tertiary/aromatic N) is 2. The number of nitrogens with one attached hydrogen (secondary N) is 2. The summed E-state index contributed by atoms with van der Waals surface area (Å²) in [6.07, 6.45) is 1.03. The third-order valence-corrected chi connectivity index (χ3v) is 3.71. The Bertz CT molecular complexity index is 526. The van der Waals surface area contributed by atoms with E-state index in [1.165, 1.54) is 16.0 Å². The number of ether oxygens (including phenoxy) is 1. The van der Waals surface area contributed by atoms with E-state index in [1.54, 1.807) is 21.2 Å². The first-order valence-corrected chi connectivity index (χ1v) is 8.30. The molecule has 134 valence electrons. The Morgan fingerprint density at radius 3 is 2.50 bits per heavy atom. The van der Waals surface area contributed by atoms with Crippen molar-refractivity contribution in [2.24, 2.45) is 4.99 Å². The summed E-state index contributed by atoms with van der Waals surface area (Å²) < 4.78 is 5.05. The van der Waals surface area contributed by atoms with Crippen molar-refractivity contribution >= 4 is 11.9 Å². The van der Waals surface area contributed by atoms with Gasteiger partial charge in [-0.25, -0.2) is 4.99 Å². The predicted molar refractivity (Wildman–Crippen MR) is 98.2 cm³/mol. The molecule has 24 heavy (non-hydrogen) atoms. The van der Waals surface area contributed by atoms with Crippen molar-refractivity contribution in [1.82, 2.24) is 15.5 Å². The molecular weight excluding hydrogens is 304 g/mol. The summed E-state index contributed by atoms with van der Waals surface area (Å²) in [6.45, 7) is 5.52. The van der Waals surface area contributed by atoms with E-state index in [9.17, 15) is 4.79 Å². The molecule has 0 spiro atoms. The maximum Gasteiger partial charge on any atom is 0.243 e. The highest BCUT2D eigenvalue weighted by molar-refractivity contribution is 5.85. The lowest BCUT2D eigenvalue weighted by molar-refractivity contribution is -0.127. The molecule has 0 aromatic heterocycles. The lowest BCUT2D eigenvalue weighted by Crippen LogP contribution is -2.41. The van der Waals surface area contributed by atoms with E-state index < -0.39 is 0 Å². The van der Waals surface area contributed by atoms with Crippen LogP contribution in [0, 0.1) is 0 Å². The Kier molecular flexibility index (Phi) is 8.86. The normalized spacial score (nSPS) is 12.6. The summed E-state index contributed by atoms with van der Waals surface area (Å²) in [4.78, 5) is 17.6. The minimum atomic E-state index is -0.0391. The number of hydrogen-bond donors (Lipinski definition) is 2. The molecule has 1 amide bonds. The Balaban J connectivity index is 2.73. The average molecular weight is 334 g/mol. The summed E-state index contributed by atoms with van der Waals surface area (Å²) in [5.41, 5.74) is 2.49. The molecule has 1 atom stereocenters. The van der Waals surface area contributed by atoms with Crippen molar-refractivity contribution in [2.75, 3.05) is 40.9 Å². The molecule has 6 heteroatoms. The van der Waals surface area contributed by atoms with Gasteiger partial charge in [-0.05, 0) is 24.5 Å². The van der Waals surface area contributed by atoms with E-state index in [4.69, 9.17) is 4.74 Å². The molecular formula is C18H30N4O2. The fourth-order valence-corrected chi connectivity index (χ4v) is 2.04. The highest BCUT2D eigenvalue weighted by atomic mass is 16.5. The number of guanidine groups is 1. The van der Waals surface area contributed by atoms with Crippen molar-refractivity contribution < 1.29 is 9.53 Å². The Labute approximate surface area is 145 Å². The van der Waals surface area contributed by atoms with Gasteiger partial charge in [0.1, 0.15) is 6.54 Å². The van der Waals surface area contributed by atoms with Crippen LogP contribution in [0.1, 0.15) is 31.0 Å². The van der Waals surface area contributed by atoms with E-state index in [-0.39, 0.29) is 18.5 Å². The number of rotatable bonds is 8. The van der Waals surface area contributed by atoms with Crippen molar-refractivity contribution in [3.05, 3.63) is 35.4 Å². The number of amides is 1. The minimum Gasteiger partial charge on any atom is -0.383 e. The fourth-order valence-electron chi connectivity index (χ4n) is 2.04. The second-order valence-electron chi connectivity index (χ2n) is 5.83. The van der Waals surface area contributed by atoms with E-state index in [1.807, 2.05) is 0 Å². The topological polar surface area (TPSA) is 66.0 Å². The quantitative estimate of drug-likeness (QED) is 0.430. The number of likely N-dealkylation sites (N-methyl/N-ethyl adjacent to an activating group) is 1. The van der Waals surface area contributed by atoms with Crippen LogP contribution in [0.3, 0.4) is 0 Å². The van der Waals surface area contributed by atoms with Gasteiger partial charge in [-0.1, -0.05) is 31.2 Å². The zero-order chi connectivity index (χ0) is 17.9. The van der Waals surface area contributed by atoms with Gasteiger partial charge in [0.05, 0.1) is 12.6 Å². The Morgan fingerprint density at radius 2 is 1.96 bits per heavy atom. The van der Waals surface area contributed by atoms with Gasteiger partial charge in [0.25, 0.3) is 0 Å². The van der Waals surface area contributed by atoms with Gasteiger partial charge in [-0.3, -0.25) is 4.79 Å². The van der Waals surface area contributed by atoms with Gasteiger partial charge < -0.3 is 20.3 Å². The maximum atomic E-state index is 11.7. The van der Waals surface area contributed by atoms with Crippen LogP contribution in [-0.4, -0.2) is 57.7 Å². The lowest BCUT2D eigenvalue weighted by atomic mass is 10.1. The first-order chi connectivity index (χ1) is 11.5. The third kappa shape index (κ3) is 7.00. The molecule has 0 fully saturated rings. The predicted octanol–water partition coefficient (Wildman–Crippen LogP) is 1.58. The molecule has 1 aromatic rings. The molecule has 0 radical (unpaired) electrons. The monoisotopic (exact) mass is 334 g/mol. The van der Waals surface area contributed by atoms with E-state index in [0.29, 0.717) is 19.1 Å². The molecule has 0 aliphatic carbocycles. The van der Waals surface area contributed by atoms with E-state index in [2.05, 4.69) is 53.7 Å². The molecule has 0 saturated heterocycles. The highest BCUT2D eigenvalue weighted by Gasteiger charge is 2.09. The summed E-state index contributed by atoms with van der Waals surface area (Å²) in [5.74, 6) is 0.567. The molecule has 0 saturated carbocycles. The summed E-state index contributed by atoms with van der Waals surface area (Å²) in [6, 6.07) is 8.60. The third-order valence-electron chi connectivity index (χ3n) is 3.71. The van der Waals surface area contributed by atoms with Crippen LogP contribution in [-0.2, 0) is 16.0 Å². The van der Waals surface area contributed by atoms with Crippen LogP contribution in [0.25, 0.3) is 0 Å². The van der Waals surface area contributed by atoms with Crippen LogP contribution >= 0.6 is 0 Å². The van der Waals surface area contributed by atoms with Crippen LogP contribution < -0.4 is 10.6 Å². The SMILES string of the molecule is CCc1ccc(C(C)NC(=NCC(=O)N(C)C)NCCOC)cc1. The first-order valence-electron chi connectivity index (χ1n) is 8.30. The van der Waals surface area contributed by atoms with Crippen LogP contribution in [0.15, 0.2) is 29.3 Å². The molecule has 0 aliphatic heterocycles. The Hall–Kier alpha value is -2.08. The first kappa shape index (κ1) is 20.0. The number of carbonyl (C=O) groups excluding carboxylic acids is 1. The van der Waals surface area contributed by atoms with Gasteiger partial charge in [0, 0.05) is 27.7 Å². The van der Waals surface area contributed by atoms with Gasteiger partial charge in [-0.2, -0.15) is 0 Å². The maximum absolute atomic E-state index is 11.7. The second-order valence-corrected chi connectivity index (χ2v) is 5.83. The fraction of sp³-hybridized carbons (Fsp3) is 0.556. The Morgan fingerprint density at radius 1 is 1.29 bits per heavy atom. The molecule has 0 bridgehead atoms. The van der Waals surface area contributed by atoms with Gasteiger partial charge in [0.2, 0.25) is 5.91 Å². The van der Waals surface area contributed by atoms with Crippen molar-refractivity contribution in [3.8, 4) is 0 Å². The zero-order valence-corrected chi connectivity index (χ0v) is 15.4. The molecule has 0 heterocycles. The number of aryl methyl sites for hydroxylation is 1. The summed E-state index contributed by atoms with van der Waals surface area (Å²) in [5, 5.41) is 6.52. The summed E-state index contributed by atoms with van der Waals surface area (Å²) >= 11 is 0.